The molecule has 0 saturated heterocycles. The van der Waals surface area contributed by atoms with Crippen LogP contribution in [-0.4, -0.2) is 22.8 Å². The summed E-state index contributed by atoms with van der Waals surface area (Å²) in [7, 11) is 2.78. The fourth-order valence-electron chi connectivity index (χ4n) is 2.77. The highest BCUT2D eigenvalue weighted by Crippen LogP contribution is 2.38. The highest BCUT2D eigenvalue weighted by molar-refractivity contribution is 6.30. The second kappa shape index (κ2) is 7.55. The first kappa shape index (κ1) is 19.8. The Balaban J connectivity index is 2.04. The maximum Gasteiger partial charge on any atom is 0.435 e. The molecule has 0 aliphatic carbocycles. The number of nitrogens with zero attached hydrogens (tertiary/aromatic N) is 2. The number of nitrogens with one attached hydrogen (secondary N) is 1. The SMILES string of the molecule is COc1cccc(NC(=O)c2cn(C)nc2C(F)(F)F)c1-c1ccc(Cl)cc1. The lowest BCUT2D eigenvalue weighted by Crippen LogP contribution is -2.18. The molecule has 0 atom stereocenters. The molecule has 0 aliphatic heterocycles. The smallest absolute Gasteiger partial charge is 0.435 e. The molecule has 0 bridgehead atoms. The van der Waals surface area contributed by atoms with Crippen LogP contribution in [0.25, 0.3) is 11.1 Å². The summed E-state index contributed by atoms with van der Waals surface area (Å²) in [6, 6.07) is 11.7. The van der Waals surface area contributed by atoms with Crippen LogP contribution >= 0.6 is 11.6 Å². The van der Waals surface area contributed by atoms with Crippen molar-refractivity contribution in [3.8, 4) is 16.9 Å². The van der Waals surface area contributed by atoms with E-state index in [2.05, 4.69) is 10.4 Å². The first-order valence-corrected chi connectivity index (χ1v) is 8.43. The minimum Gasteiger partial charge on any atom is -0.496 e. The number of halogens is 4. The number of hydrogen-bond donors (Lipinski definition) is 1. The number of methoxy groups -OCH3 is 1. The largest absolute Gasteiger partial charge is 0.496 e. The quantitative estimate of drug-likeness (QED) is 0.658. The van der Waals surface area contributed by atoms with Gasteiger partial charge >= 0.3 is 6.18 Å². The monoisotopic (exact) mass is 409 g/mol. The predicted molar refractivity (Wildman–Crippen MR) is 99.6 cm³/mol. The zero-order valence-corrected chi connectivity index (χ0v) is 15.6. The molecular weight excluding hydrogens is 395 g/mol. The number of carbonyl (C=O) groups excluding carboxylic acids is 1. The van der Waals surface area contributed by atoms with Gasteiger partial charge < -0.3 is 10.1 Å². The third-order valence-electron chi connectivity index (χ3n) is 3.97. The summed E-state index contributed by atoms with van der Waals surface area (Å²) in [6.45, 7) is 0. The minimum absolute atomic E-state index is 0.295. The van der Waals surface area contributed by atoms with Crippen LogP contribution in [0.15, 0.2) is 48.7 Å². The summed E-state index contributed by atoms with van der Waals surface area (Å²) in [6.07, 6.45) is -3.72. The predicted octanol–water partition coefficient (Wildman–Crippen LogP) is 5.02. The molecule has 0 spiro atoms. The number of benzene rings is 2. The normalized spacial score (nSPS) is 11.4. The molecule has 0 aliphatic rings. The van der Waals surface area contributed by atoms with E-state index in [1.165, 1.54) is 14.2 Å². The number of ether oxygens (including phenoxy) is 1. The third kappa shape index (κ3) is 3.96. The van der Waals surface area contributed by atoms with Crippen LogP contribution in [0, 0.1) is 0 Å². The number of alkyl halides is 3. The molecule has 1 heterocycles. The van der Waals surface area contributed by atoms with E-state index in [0.717, 1.165) is 10.9 Å². The standard InChI is InChI=1S/C19H15ClF3N3O2/c1-26-10-13(17(25-26)19(21,22)23)18(27)24-14-4-3-5-15(28-2)16(14)11-6-8-12(20)9-7-11/h3-10H,1-2H3,(H,24,27). The Morgan fingerprint density at radius 1 is 1.18 bits per heavy atom. The minimum atomic E-state index is -4.75. The number of hydrogen-bond acceptors (Lipinski definition) is 3. The molecule has 1 aromatic heterocycles. The highest BCUT2D eigenvalue weighted by Gasteiger charge is 2.39. The molecule has 2 aromatic carbocycles. The van der Waals surface area contributed by atoms with Crippen molar-refractivity contribution >= 4 is 23.2 Å². The van der Waals surface area contributed by atoms with Gasteiger partial charge in [0.05, 0.1) is 18.4 Å². The number of rotatable bonds is 4. The fourth-order valence-corrected chi connectivity index (χ4v) is 2.90. The summed E-state index contributed by atoms with van der Waals surface area (Å²) in [5.74, 6) is -0.480. The van der Waals surface area contributed by atoms with Gasteiger partial charge in [-0.2, -0.15) is 18.3 Å². The molecule has 146 valence electrons. The Labute approximate surface area is 163 Å². The second-order valence-electron chi connectivity index (χ2n) is 5.91. The van der Waals surface area contributed by atoms with Gasteiger partial charge in [-0.25, -0.2) is 0 Å². The topological polar surface area (TPSA) is 56.1 Å². The maximum absolute atomic E-state index is 13.2. The first-order valence-electron chi connectivity index (χ1n) is 8.06. The lowest BCUT2D eigenvalue weighted by atomic mass is 10.0. The zero-order valence-electron chi connectivity index (χ0n) is 14.8. The van der Waals surface area contributed by atoms with Crippen LogP contribution < -0.4 is 10.1 Å². The van der Waals surface area contributed by atoms with E-state index >= 15 is 0 Å². The van der Waals surface area contributed by atoms with Gasteiger partial charge in [0.15, 0.2) is 5.69 Å². The van der Waals surface area contributed by atoms with E-state index < -0.39 is 23.3 Å². The van der Waals surface area contributed by atoms with Gasteiger partial charge in [0.2, 0.25) is 0 Å². The number of aryl methyl sites for hydroxylation is 1. The summed E-state index contributed by atoms with van der Waals surface area (Å²) >= 11 is 5.92. The van der Waals surface area contributed by atoms with E-state index in [9.17, 15) is 18.0 Å². The molecule has 5 nitrogen and oxygen atoms in total. The molecule has 9 heteroatoms. The molecular formula is C19H15ClF3N3O2. The van der Waals surface area contributed by atoms with Crippen LogP contribution in [0.3, 0.4) is 0 Å². The van der Waals surface area contributed by atoms with E-state index in [0.29, 0.717) is 27.6 Å². The van der Waals surface area contributed by atoms with Gasteiger partial charge in [-0.05, 0) is 29.8 Å². The maximum atomic E-state index is 13.2. The number of carbonyl (C=O) groups is 1. The van der Waals surface area contributed by atoms with Crippen molar-refractivity contribution in [2.45, 2.75) is 6.18 Å². The average molecular weight is 410 g/mol. The Hall–Kier alpha value is -3.00. The third-order valence-corrected chi connectivity index (χ3v) is 4.22. The van der Waals surface area contributed by atoms with Crippen LogP contribution in [0.4, 0.5) is 18.9 Å². The molecule has 1 amide bonds. The highest BCUT2D eigenvalue weighted by atomic mass is 35.5. The number of anilines is 1. The average Bonchev–Trinajstić information content (AvgIpc) is 3.05. The van der Waals surface area contributed by atoms with E-state index in [1.807, 2.05) is 0 Å². The Kier molecular flexibility index (Phi) is 5.33. The lowest BCUT2D eigenvalue weighted by Gasteiger charge is -2.15. The van der Waals surface area contributed by atoms with E-state index in [-0.39, 0.29) is 0 Å². The fraction of sp³-hybridized carbons (Fsp3) is 0.158. The molecule has 0 unspecified atom stereocenters. The van der Waals surface area contributed by atoms with Gasteiger partial charge in [0.1, 0.15) is 5.75 Å². The van der Waals surface area contributed by atoms with Crippen molar-refractivity contribution in [3.63, 3.8) is 0 Å². The van der Waals surface area contributed by atoms with Crippen molar-refractivity contribution in [2.24, 2.45) is 7.05 Å². The first-order chi connectivity index (χ1) is 13.2. The van der Waals surface area contributed by atoms with E-state index in [4.69, 9.17) is 16.3 Å². The van der Waals surface area contributed by atoms with Gasteiger partial charge in [-0.1, -0.05) is 29.8 Å². The second-order valence-corrected chi connectivity index (χ2v) is 6.34. The van der Waals surface area contributed by atoms with Crippen molar-refractivity contribution in [1.82, 2.24) is 9.78 Å². The summed E-state index contributed by atoms with van der Waals surface area (Å²) in [5, 5.41) is 6.42. The van der Waals surface area contributed by atoms with Crippen LogP contribution in [0.5, 0.6) is 5.75 Å². The lowest BCUT2D eigenvalue weighted by molar-refractivity contribution is -0.141. The van der Waals surface area contributed by atoms with E-state index in [1.54, 1.807) is 42.5 Å². The number of amides is 1. The Bertz CT molecular complexity index is 1010. The molecule has 3 aromatic rings. The number of aromatic nitrogens is 2. The van der Waals surface area contributed by atoms with Crippen LogP contribution in [-0.2, 0) is 13.2 Å². The molecule has 0 radical (unpaired) electrons. The van der Waals surface area contributed by atoms with Gasteiger partial charge in [-0.3, -0.25) is 9.48 Å². The van der Waals surface area contributed by atoms with Gasteiger partial charge in [0.25, 0.3) is 5.91 Å². The molecule has 1 N–H and O–H groups in total. The van der Waals surface area contributed by atoms with Crippen molar-refractivity contribution < 1.29 is 22.7 Å². The molecule has 0 fully saturated rings. The van der Waals surface area contributed by atoms with Gasteiger partial charge in [-0.15, -0.1) is 0 Å². The van der Waals surface area contributed by atoms with Crippen molar-refractivity contribution in [3.05, 3.63) is 64.9 Å². The molecule has 0 saturated carbocycles. The summed E-state index contributed by atoms with van der Waals surface area (Å²) in [5.41, 5.74) is -0.321. The van der Waals surface area contributed by atoms with Crippen molar-refractivity contribution in [2.75, 3.05) is 12.4 Å². The summed E-state index contributed by atoms with van der Waals surface area (Å²) in [4.78, 5) is 12.6. The molecule has 28 heavy (non-hydrogen) atoms. The van der Waals surface area contributed by atoms with Crippen molar-refractivity contribution in [1.29, 1.82) is 0 Å². The summed E-state index contributed by atoms with van der Waals surface area (Å²) < 4.78 is 45.8. The van der Waals surface area contributed by atoms with Crippen LogP contribution in [0.2, 0.25) is 5.02 Å². The van der Waals surface area contributed by atoms with Gasteiger partial charge in [0, 0.05) is 23.8 Å². The Morgan fingerprint density at radius 2 is 1.86 bits per heavy atom. The molecule has 3 rings (SSSR count). The zero-order chi connectivity index (χ0) is 20.5. The Morgan fingerprint density at radius 3 is 2.46 bits per heavy atom. The van der Waals surface area contributed by atoms with Crippen LogP contribution in [0.1, 0.15) is 16.1 Å².